The largest absolute Gasteiger partial charge is 0.202 e. The van der Waals surface area contributed by atoms with Crippen molar-refractivity contribution in [3.8, 4) is 0 Å². The minimum absolute atomic E-state index is 0.799. The van der Waals surface area contributed by atoms with Crippen molar-refractivity contribution < 1.29 is 3.96 Å². The van der Waals surface area contributed by atoms with Gasteiger partial charge in [-0.15, -0.1) is 15.3 Å². The van der Waals surface area contributed by atoms with E-state index in [1.165, 1.54) is 41.5 Å². The minimum Gasteiger partial charge on any atom is -0.136 e. The summed E-state index contributed by atoms with van der Waals surface area (Å²) in [7, 11) is 0. The lowest BCUT2D eigenvalue weighted by atomic mass is 9.96. The van der Waals surface area contributed by atoms with Gasteiger partial charge in [-0.05, 0) is 24.3 Å². The van der Waals surface area contributed by atoms with Crippen molar-refractivity contribution in [2.75, 3.05) is 0 Å². The summed E-state index contributed by atoms with van der Waals surface area (Å²) in [6, 6.07) is 3.04. The van der Waals surface area contributed by atoms with Crippen LogP contribution in [0.25, 0.3) is 9.40 Å². The number of fused-ring (bicyclic) bond motifs is 1. The first-order chi connectivity index (χ1) is 6.93. The second kappa shape index (κ2) is 3.63. The molecule has 1 fully saturated rings. The van der Waals surface area contributed by atoms with Gasteiger partial charge in [-0.25, -0.2) is 0 Å². The van der Waals surface area contributed by atoms with E-state index < -0.39 is 0 Å². The second-order valence-corrected chi connectivity index (χ2v) is 6.01. The minimum atomic E-state index is 0.799. The third kappa shape index (κ3) is 1.48. The zero-order chi connectivity index (χ0) is 9.38. The van der Waals surface area contributed by atoms with E-state index in [2.05, 4.69) is 21.6 Å². The maximum atomic E-state index is 2.49. The molecule has 0 saturated heterocycles. The lowest BCUT2D eigenvalue weighted by molar-refractivity contribution is -0.660. The standard InChI is InChI=1S/C11H14NS2/c1-2-4-9(5-3-1)12-8-11-10(14-12)6-7-13-11/h6-9H,1-5H2/q+1. The molecule has 0 amide bonds. The van der Waals surface area contributed by atoms with E-state index in [-0.39, 0.29) is 0 Å². The van der Waals surface area contributed by atoms with Gasteiger partial charge in [0, 0.05) is 12.8 Å². The van der Waals surface area contributed by atoms with E-state index in [1.807, 2.05) is 22.9 Å². The van der Waals surface area contributed by atoms with Crippen LogP contribution in [0, 0.1) is 0 Å². The highest BCUT2D eigenvalue weighted by Gasteiger charge is 2.24. The molecule has 74 valence electrons. The molecular formula is C11H14NS2+. The van der Waals surface area contributed by atoms with Crippen LogP contribution >= 0.6 is 22.9 Å². The smallest absolute Gasteiger partial charge is 0.136 e. The number of rotatable bonds is 1. The fraction of sp³-hybridized carbons (Fsp3) is 0.545. The SMILES string of the molecule is c1cc2s[n+](C3CCCCC3)cc2s1. The predicted molar refractivity (Wildman–Crippen MR) is 62.0 cm³/mol. The molecule has 0 spiro atoms. The first kappa shape index (κ1) is 8.86. The molecule has 0 atom stereocenters. The van der Waals surface area contributed by atoms with Crippen LogP contribution in [-0.4, -0.2) is 0 Å². The molecule has 0 aromatic carbocycles. The van der Waals surface area contributed by atoms with Gasteiger partial charge in [-0.1, -0.05) is 6.42 Å². The summed E-state index contributed by atoms with van der Waals surface area (Å²) in [5.41, 5.74) is 0. The highest BCUT2D eigenvalue weighted by Crippen LogP contribution is 2.28. The topological polar surface area (TPSA) is 3.88 Å². The molecule has 14 heavy (non-hydrogen) atoms. The Morgan fingerprint density at radius 2 is 2.00 bits per heavy atom. The normalized spacial score (nSPS) is 19.1. The predicted octanol–water partition coefficient (Wildman–Crippen LogP) is 3.76. The number of hydrogen-bond donors (Lipinski definition) is 0. The average Bonchev–Trinajstić information content (AvgIpc) is 2.78. The quantitative estimate of drug-likeness (QED) is 0.649. The fourth-order valence-corrected chi connectivity index (χ4v) is 4.38. The third-order valence-corrected chi connectivity index (χ3v) is 5.19. The van der Waals surface area contributed by atoms with Crippen LogP contribution in [0.5, 0.6) is 0 Å². The maximum absolute atomic E-state index is 2.49. The Morgan fingerprint density at radius 3 is 2.79 bits per heavy atom. The van der Waals surface area contributed by atoms with Crippen LogP contribution in [0.4, 0.5) is 0 Å². The number of aromatic nitrogens is 1. The van der Waals surface area contributed by atoms with Crippen molar-refractivity contribution >= 4 is 32.3 Å². The highest BCUT2D eigenvalue weighted by molar-refractivity contribution is 7.22. The second-order valence-electron chi connectivity index (χ2n) is 4.02. The molecule has 0 aliphatic heterocycles. The summed E-state index contributed by atoms with van der Waals surface area (Å²) in [5, 5.41) is 2.19. The molecule has 3 heteroatoms. The Balaban J connectivity index is 1.92. The van der Waals surface area contributed by atoms with Crippen LogP contribution in [0.2, 0.25) is 0 Å². The molecule has 1 aliphatic carbocycles. The van der Waals surface area contributed by atoms with E-state index in [0.29, 0.717) is 0 Å². The molecule has 2 heterocycles. The van der Waals surface area contributed by atoms with Crippen LogP contribution in [0.1, 0.15) is 38.1 Å². The molecule has 1 aliphatic rings. The van der Waals surface area contributed by atoms with Gasteiger partial charge in [-0.2, -0.15) is 0 Å². The van der Waals surface area contributed by atoms with Crippen LogP contribution in [-0.2, 0) is 0 Å². The van der Waals surface area contributed by atoms with Crippen molar-refractivity contribution in [3.63, 3.8) is 0 Å². The van der Waals surface area contributed by atoms with Crippen molar-refractivity contribution in [1.29, 1.82) is 0 Å². The summed E-state index contributed by atoms with van der Waals surface area (Å²) in [6.07, 6.45) is 9.40. The van der Waals surface area contributed by atoms with Gasteiger partial charge >= 0.3 is 0 Å². The summed E-state index contributed by atoms with van der Waals surface area (Å²) in [4.78, 5) is 0. The van der Waals surface area contributed by atoms with Crippen molar-refractivity contribution in [3.05, 3.63) is 17.6 Å². The molecule has 0 N–H and O–H groups in total. The van der Waals surface area contributed by atoms with E-state index in [0.717, 1.165) is 6.04 Å². The van der Waals surface area contributed by atoms with Gasteiger partial charge in [0.05, 0.1) is 0 Å². The van der Waals surface area contributed by atoms with Gasteiger partial charge in [0.1, 0.15) is 20.9 Å². The zero-order valence-corrected chi connectivity index (χ0v) is 9.74. The summed E-state index contributed by atoms with van der Waals surface area (Å²) < 4.78 is 5.40. The van der Waals surface area contributed by atoms with Crippen molar-refractivity contribution in [2.45, 2.75) is 38.1 Å². The van der Waals surface area contributed by atoms with E-state index in [1.54, 1.807) is 0 Å². The fourth-order valence-electron chi connectivity index (χ4n) is 2.25. The summed E-state index contributed by atoms with van der Waals surface area (Å²) in [6.45, 7) is 0. The van der Waals surface area contributed by atoms with E-state index >= 15 is 0 Å². The molecule has 0 radical (unpaired) electrons. The molecular weight excluding hydrogens is 210 g/mol. The number of nitrogens with zero attached hydrogens (tertiary/aromatic N) is 1. The Labute approximate surface area is 92.1 Å². The van der Waals surface area contributed by atoms with E-state index in [4.69, 9.17) is 0 Å². The Morgan fingerprint density at radius 1 is 1.14 bits per heavy atom. The van der Waals surface area contributed by atoms with Crippen molar-refractivity contribution in [2.24, 2.45) is 0 Å². The van der Waals surface area contributed by atoms with E-state index in [9.17, 15) is 0 Å². The molecule has 1 saturated carbocycles. The average molecular weight is 224 g/mol. The maximum Gasteiger partial charge on any atom is 0.202 e. The van der Waals surface area contributed by atoms with Crippen LogP contribution < -0.4 is 3.96 Å². The van der Waals surface area contributed by atoms with Gasteiger partial charge in [0.25, 0.3) is 0 Å². The number of thiophene rings is 1. The van der Waals surface area contributed by atoms with Crippen LogP contribution in [0.3, 0.4) is 0 Å². The highest BCUT2D eigenvalue weighted by atomic mass is 32.1. The Bertz CT molecular complexity index is 395. The third-order valence-electron chi connectivity index (χ3n) is 3.04. The van der Waals surface area contributed by atoms with Gasteiger partial charge in [0.2, 0.25) is 6.20 Å². The molecule has 2 aromatic rings. The molecule has 1 nitrogen and oxygen atoms in total. The zero-order valence-electron chi connectivity index (χ0n) is 8.11. The summed E-state index contributed by atoms with van der Waals surface area (Å²) >= 11 is 3.80. The summed E-state index contributed by atoms with van der Waals surface area (Å²) in [5.74, 6) is 0. The molecule has 2 aromatic heterocycles. The first-order valence-electron chi connectivity index (χ1n) is 5.32. The molecule has 0 unspecified atom stereocenters. The lowest BCUT2D eigenvalue weighted by Crippen LogP contribution is -2.35. The molecule has 0 bridgehead atoms. The Hall–Kier alpha value is -0.410. The lowest BCUT2D eigenvalue weighted by Gasteiger charge is -2.14. The number of hydrogen-bond acceptors (Lipinski definition) is 2. The van der Waals surface area contributed by atoms with Gasteiger partial charge in [0.15, 0.2) is 6.04 Å². The van der Waals surface area contributed by atoms with Gasteiger partial charge in [-0.3, -0.25) is 0 Å². The Kier molecular flexibility index (Phi) is 2.30. The van der Waals surface area contributed by atoms with Crippen LogP contribution in [0.15, 0.2) is 17.6 Å². The van der Waals surface area contributed by atoms with Crippen molar-refractivity contribution in [1.82, 2.24) is 0 Å². The van der Waals surface area contributed by atoms with Gasteiger partial charge < -0.3 is 0 Å². The monoisotopic (exact) mass is 224 g/mol. The first-order valence-corrected chi connectivity index (χ1v) is 6.97. The molecule has 3 rings (SSSR count).